The Morgan fingerprint density at radius 2 is 1.76 bits per heavy atom. The van der Waals surface area contributed by atoms with Gasteiger partial charge in [-0.25, -0.2) is 0 Å². The number of piperazine rings is 1. The lowest BCUT2D eigenvalue weighted by Crippen LogP contribution is -2.52. The first-order valence-electron chi connectivity index (χ1n) is 14.1. The van der Waals surface area contributed by atoms with Gasteiger partial charge in [-0.05, 0) is 61.2 Å². The van der Waals surface area contributed by atoms with Crippen LogP contribution in [0.1, 0.15) is 71.9 Å². The monoisotopic (exact) mass is 499 g/mol. The molecule has 3 aromatic rings. The molecule has 2 aliphatic heterocycles. The highest BCUT2D eigenvalue weighted by Crippen LogP contribution is 2.46. The predicted octanol–water partition coefficient (Wildman–Crippen LogP) is 4.28. The van der Waals surface area contributed by atoms with Gasteiger partial charge in [0.25, 0.3) is 0 Å². The van der Waals surface area contributed by atoms with Crippen LogP contribution in [0, 0.1) is 0 Å². The van der Waals surface area contributed by atoms with Crippen molar-refractivity contribution >= 4 is 22.4 Å². The minimum absolute atomic E-state index is 0.145. The number of nitrogens with one attached hydrogen (secondary N) is 1. The minimum Gasteiger partial charge on any atom is -0.371 e. The zero-order valence-corrected chi connectivity index (χ0v) is 22.9. The van der Waals surface area contributed by atoms with Gasteiger partial charge >= 0.3 is 0 Å². The second-order valence-corrected chi connectivity index (χ2v) is 11.9. The van der Waals surface area contributed by atoms with E-state index in [1.54, 1.807) is 0 Å². The summed E-state index contributed by atoms with van der Waals surface area (Å²) in [4.78, 5) is 25.3. The first kappa shape index (κ1) is 24.7. The number of piperidine rings is 1. The fourth-order valence-electron chi connectivity index (χ4n) is 6.92. The van der Waals surface area contributed by atoms with E-state index in [4.69, 9.17) is 5.73 Å². The van der Waals surface area contributed by atoms with Crippen LogP contribution in [-0.4, -0.2) is 72.9 Å². The summed E-state index contributed by atoms with van der Waals surface area (Å²) in [5.41, 5.74) is 14.2. The molecule has 3 heterocycles. The lowest BCUT2D eigenvalue weighted by atomic mass is 9.70. The molecule has 0 radical (unpaired) electrons. The van der Waals surface area contributed by atoms with Crippen LogP contribution in [0.15, 0.2) is 30.3 Å². The lowest BCUT2D eigenvalue weighted by molar-refractivity contribution is 0.0982. The van der Waals surface area contributed by atoms with Crippen LogP contribution in [0.5, 0.6) is 0 Å². The molecule has 0 bridgehead atoms. The quantitative estimate of drug-likeness (QED) is 0.561. The van der Waals surface area contributed by atoms with Gasteiger partial charge in [0.2, 0.25) is 0 Å². The van der Waals surface area contributed by atoms with Gasteiger partial charge in [-0.1, -0.05) is 32.9 Å². The van der Waals surface area contributed by atoms with Crippen molar-refractivity contribution in [3.05, 3.63) is 63.8 Å². The number of carbonyl (C=O) groups is 1. The summed E-state index contributed by atoms with van der Waals surface area (Å²) in [7, 11) is 2.23. The Morgan fingerprint density at radius 3 is 2.43 bits per heavy atom. The Balaban J connectivity index is 1.33. The number of benzene rings is 2. The maximum Gasteiger partial charge on any atom is 0.195 e. The fourth-order valence-corrected chi connectivity index (χ4v) is 6.92. The number of hydrogen-bond donors (Lipinski definition) is 2. The number of rotatable bonds is 4. The fraction of sp³-hybridized carbons (Fsp3) is 0.516. The van der Waals surface area contributed by atoms with E-state index < -0.39 is 0 Å². The van der Waals surface area contributed by atoms with Crippen LogP contribution < -0.4 is 10.6 Å². The average molecular weight is 500 g/mol. The second kappa shape index (κ2) is 9.26. The minimum atomic E-state index is -0.292. The molecule has 0 atom stereocenters. The molecular weight excluding hydrogens is 458 g/mol. The summed E-state index contributed by atoms with van der Waals surface area (Å²) >= 11 is 0. The molecule has 0 amide bonds. The third kappa shape index (κ3) is 4.01. The molecule has 2 fully saturated rings. The van der Waals surface area contributed by atoms with E-state index in [0.29, 0.717) is 12.6 Å². The number of nitrogens with zero attached hydrogens (tertiary/aromatic N) is 3. The number of hydrogen-bond acceptors (Lipinski definition) is 5. The van der Waals surface area contributed by atoms with Gasteiger partial charge in [-0.3, -0.25) is 9.69 Å². The highest BCUT2D eigenvalue weighted by molar-refractivity contribution is 6.20. The standard InChI is InChI=1S/C31H41N5O/c1-5-21-17-24-25(18-27(21)36-10-8-22(9-11-36)35-14-12-34(4)13-15-35)31(2,3)30-28(29(24)37)23-7-6-20(19-32)16-26(23)33-30/h6-7,16-18,22,33H,5,8-15,19,32H2,1-4H3. The highest BCUT2D eigenvalue weighted by atomic mass is 16.1. The molecule has 6 rings (SSSR count). The predicted molar refractivity (Wildman–Crippen MR) is 152 cm³/mol. The summed E-state index contributed by atoms with van der Waals surface area (Å²) in [5.74, 6) is 0.145. The van der Waals surface area contributed by atoms with Crippen molar-refractivity contribution in [1.82, 2.24) is 14.8 Å². The zero-order valence-electron chi connectivity index (χ0n) is 22.9. The largest absolute Gasteiger partial charge is 0.371 e. The Labute approximate surface area is 220 Å². The number of likely N-dealkylation sites (N-methyl/N-ethyl adjacent to an activating group) is 1. The van der Waals surface area contributed by atoms with Crippen LogP contribution in [0.2, 0.25) is 0 Å². The maximum absolute atomic E-state index is 14.0. The first-order valence-corrected chi connectivity index (χ1v) is 14.1. The van der Waals surface area contributed by atoms with E-state index in [0.717, 1.165) is 58.4 Å². The van der Waals surface area contributed by atoms with Crippen molar-refractivity contribution < 1.29 is 4.79 Å². The van der Waals surface area contributed by atoms with E-state index in [9.17, 15) is 4.79 Å². The van der Waals surface area contributed by atoms with Gasteiger partial charge in [0, 0.05) is 85.1 Å². The van der Waals surface area contributed by atoms with E-state index in [1.807, 2.05) is 6.07 Å². The van der Waals surface area contributed by atoms with Crippen LogP contribution >= 0.6 is 0 Å². The molecule has 2 saturated heterocycles. The van der Waals surface area contributed by atoms with Gasteiger partial charge < -0.3 is 20.5 Å². The number of aryl methyl sites for hydroxylation is 1. The van der Waals surface area contributed by atoms with E-state index in [1.165, 1.54) is 50.3 Å². The second-order valence-electron chi connectivity index (χ2n) is 11.9. The topological polar surface area (TPSA) is 68.6 Å². The Morgan fingerprint density at radius 1 is 1.03 bits per heavy atom. The van der Waals surface area contributed by atoms with Crippen molar-refractivity contribution in [3.63, 3.8) is 0 Å². The Hall–Kier alpha value is -2.67. The van der Waals surface area contributed by atoms with Crippen LogP contribution in [0.3, 0.4) is 0 Å². The van der Waals surface area contributed by atoms with Crippen LogP contribution in [-0.2, 0) is 18.4 Å². The summed E-state index contributed by atoms with van der Waals surface area (Å²) < 4.78 is 0. The van der Waals surface area contributed by atoms with Crippen molar-refractivity contribution in [3.8, 4) is 0 Å². The number of anilines is 1. The smallest absolute Gasteiger partial charge is 0.195 e. The number of aromatic amines is 1. The summed E-state index contributed by atoms with van der Waals surface area (Å²) in [6, 6.07) is 11.4. The molecule has 1 aromatic heterocycles. The molecule has 196 valence electrons. The summed E-state index contributed by atoms with van der Waals surface area (Å²) in [6.45, 7) is 14.1. The molecule has 3 aliphatic rings. The maximum atomic E-state index is 14.0. The van der Waals surface area contributed by atoms with Gasteiger partial charge in [0.05, 0.1) is 5.56 Å². The van der Waals surface area contributed by atoms with Crippen LogP contribution in [0.4, 0.5) is 5.69 Å². The third-order valence-electron chi connectivity index (χ3n) is 9.33. The Bertz CT molecular complexity index is 1340. The van der Waals surface area contributed by atoms with E-state index >= 15 is 0 Å². The van der Waals surface area contributed by atoms with Gasteiger partial charge in [-0.15, -0.1) is 0 Å². The number of aromatic nitrogens is 1. The van der Waals surface area contributed by atoms with Crippen molar-refractivity contribution in [2.45, 2.75) is 58.0 Å². The number of ketones is 1. The van der Waals surface area contributed by atoms with Gasteiger partial charge in [0.1, 0.15) is 0 Å². The molecule has 3 N–H and O–H groups in total. The number of fused-ring (bicyclic) bond motifs is 4. The first-order chi connectivity index (χ1) is 17.8. The van der Waals surface area contributed by atoms with Crippen molar-refractivity contribution in [1.29, 1.82) is 0 Å². The van der Waals surface area contributed by atoms with Crippen molar-refractivity contribution in [2.75, 3.05) is 51.2 Å². The number of H-pyrrole nitrogens is 1. The molecule has 0 spiro atoms. The summed E-state index contributed by atoms with van der Waals surface area (Å²) in [6.07, 6.45) is 3.35. The van der Waals surface area contributed by atoms with E-state index in [-0.39, 0.29) is 11.2 Å². The molecule has 1 aliphatic carbocycles. The Kier molecular flexibility index (Phi) is 6.17. The molecule has 0 unspecified atom stereocenters. The number of carbonyl (C=O) groups excluding carboxylic acids is 1. The van der Waals surface area contributed by atoms with Crippen LogP contribution in [0.25, 0.3) is 10.9 Å². The van der Waals surface area contributed by atoms with Gasteiger partial charge in [-0.2, -0.15) is 0 Å². The van der Waals surface area contributed by atoms with Gasteiger partial charge in [0.15, 0.2) is 5.78 Å². The van der Waals surface area contributed by atoms with Crippen molar-refractivity contribution in [2.24, 2.45) is 5.73 Å². The summed E-state index contributed by atoms with van der Waals surface area (Å²) in [5, 5.41) is 1.00. The molecule has 2 aromatic carbocycles. The molecular formula is C31H41N5O. The molecule has 37 heavy (non-hydrogen) atoms. The lowest BCUT2D eigenvalue weighted by Gasteiger charge is -2.43. The average Bonchev–Trinajstić information content (AvgIpc) is 3.32. The SMILES string of the molecule is CCc1cc2c(cc1N1CCC(N3CCN(C)CC3)CC1)C(C)(C)c1[nH]c3cc(CN)ccc3c1C2=O. The molecule has 0 saturated carbocycles. The highest BCUT2D eigenvalue weighted by Gasteiger charge is 2.40. The third-order valence-corrected chi connectivity index (χ3v) is 9.33. The molecule has 6 nitrogen and oxygen atoms in total. The number of nitrogens with two attached hydrogens (primary N) is 1. The normalized spacial score (nSPS) is 20.9. The molecule has 6 heteroatoms. The zero-order chi connectivity index (χ0) is 25.9. The van der Waals surface area contributed by atoms with E-state index in [2.05, 4.69) is 71.8 Å².